The molecule has 0 saturated carbocycles. The highest BCUT2D eigenvalue weighted by molar-refractivity contribution is 6.44. The second-order valence-corrected chi connectivity index (χ2v) is 6.55. The first kappa shape index (κ1) is 17.8. The first-order valence-corrected chi connectivity index (χ1v) is 9.25. The molecule has 0 radical (unpaired) electrons. The Morgan fingerprint density at radius 1 is 0.857 bits per heavy atom. The van der Waals surface area contributed by atoms with Crippen LogP contribution in [0, 0.1) is 0 Å². The zero-order valence-corrected chi connectivity index (χ0v) is 15.3. The van der Waals surface area contributed by atoms with E-state index in [9.17, 15) is 9.59 Å². The first-order chi connectivity index (χ1) is 13.7. The molecule has 1 aliphatic heterocycles. The summed E-state index contributed by atoms with van der Waals surface area (Å²) in [6.07, 6.45) is 1.75. The second kappa shape index (κ2) is 7.96. The molecule has 0 aromatic heterocycles. The lowest BCUT2D eigenvalue weighted by Crippen LogP contribution is -2.42. The van der Waals surface area contributed by atoms with Crippen LogP contribution in [-0.4, -0.2) is 18.4 Å². The number of hydrogen-bond acceptors (Lipinski definition) is 3. The van der Waals surface area contributed by atoms with Gasteiger partial charge in [-0.2, -0.15) is 0 Å². The Labute approximate surface area is 163 Å². The molecule has 2 amide bonds. The van der Waals surface area contributed by atoms with Gasteiger partial charge in [0.15, 0.2) is 5.75 Å². The average Bonchev–Trinajstić information content (AvgIpc) is 2.75. The van der Waals surface area contributed by atoms with Gasteiger partial charge in [-0.1, -0.05) is 48.5 Å². The van der Waals surface area contributed by atoms with E-state index in [1.807, 2.05) is 60.7 Å². The normalized spacial score (nSPS) is 12.8. The molecule has 0 aliphatic carbocycles. The standard InChI is InChI=1S/C23H20N2O3/c26-22(23(27)25-16-8-10-17-9-4-6-14-20(17)25)24-19-13-5-7-15-21(19)28-18-11-2-1-3-12-18/h1-7,9,11-15H,8,10,16H2,(H,24,26). The van der Waals surface area contributed by atoms with Gasteiger partial charge in [0.05, 0.1) is 5.69 Å². The Bertz CT molecular complexity index is 1000. The number of carbonyl (C=O) groups excluding carboxylic acids is 2. The third-order valence-electron chi connectivity index (χ3n) is 4.66. The summed E-state index contributed by atoms with van der Waals surface area (Å²) in [6, 6.07) is 24.1. The van der Waals surface area contributed by atoms with Crippen molar-refractivity contribution in [3.63, 3.8) is 0 Å². The minimum Gasteiger partial charge on any atom is -0.455 e. The van der Waals surface area contributed by atoms with Crippen molar-refractivity contribution < 1.29 is 14.3 Å². The smallest absolute Gasteiger partial charge is 0.316 e. The van der Waals surface area contributed by atoms with Gasteiger partial charge in [0.1, 0.15) is 5.75 Å². The molecule has 1 heterocycles. The molecule has 3 aromatic rings. The van der Waals surface area contributed by atoms with Crippen LogP contribution in [0.15, 0.2) is 78.9 Å². The van der Waals surface area contributed by atoms with Crippen molar-refractivity contribution in [2.45, 2.75) is 12.8 Å². The molecule has 0 atom stereocenters. The van der Waals surface area contributed by atoms with Gasteiger partial charge >= 0.3 is 11.8 Å². The Hall–Kier alpha value is -3.60. The number of rotatable bonds is 3. The molecular weight excluding hydrogens is 352 g/mol. The van der Waals surface area contributed by atoms with Crippen LogP contribution in [0.1, 0.15) is 12.0 Å². The molecular formula is C23H20N2O3. The molecule has 0 fully saturated rings. The fraction of sp³-hybridized carbons (Fsp3) is 0.130. The number of benzene rings is 3. The van der Waals surface area contributed by atoms with Crippen molar-refractivity contribution in [2.24, 2.45) is 0 Å². The van der Waals surface area contributed by atoms with E-state index in [0.29, 0.717) is 23.7 Å². The van der Waals surface area contributed by atoms with Gasteiger partial charge in [-0.25, -0.2) is 0 Å². The Morgan fingerprint density at radius 3 is 2.43 bits per heavy atom. The topological polar surface area (TPSA) is 58.6 Å². The van der Waals surface area contributed by atoms with Gasteiger partial charge in [-0.15, -0.1) is 0 Å². The number of anilines is 2. The van der Waals surface area contributed by atoms with Crippen LogP contribution in [0.4, 0.5) is 11.4 Å². The van der Waals surface area contributed by atoms with Gasteiger partial charge in [0, 0.05) is 12.2 Å². The molecule has 5 nitrogen and oxygen atoms in total. The monoisotopic (exact) mass is 372 g/mol. The molecule has 1 aliphatic rings. The molecule has 0 spiro atoms. The SMILES string of the molecule is O=C(Nc1ccccc1Oc1ccccc1)C(=O)N1CCCc2ccccc21. The van der Waals surface area contributed by atoms with Gasteiger partial charge < -0.3 is 15.0 Å². The number of ether oxygens (including phenoxy) is 1. The zero-order chi connectivity index (χ0) is 19.3. The molecule has 5 heteroatoms. The van der Waals surface area contributed by atoms with Crippen molar-refractivity contribution in [3.8, 4) is 11.5 Å². The van der Waals surface area contributed by atoms with E-state index in [0.717, 1.165) is 24.1 Å². The first-order valence-electron chi connectivity index (χ1n) is 9.25. The lowest BCUT2D eigenvalue weighted by atomic mass is 10.0. The predicted molar refractivity (Wildman–Crippen MR) is 109 cm³/mol. The quantitative estimate of drug-likeness (QED) is 0.694. The maximum absolute atomic E-state index is 12.8. The minimum atomic E-state index is -0.680. The van der Waals surface area contributed by atoms with E-state index >= 15 is 0 Å². The molecule has 0 unspecified atom stereocenters. The van der Waals surface area contributed by atoms with Crippen molar-refractivity contribution in [1.29, 1.82) is 0 Å². The van der Waals surface area contributed by atoms with Crippen LogP contribution in [0.3, 0.4) is 0 Å². The lowest BCUT2D eigenvalue weighted by Gasteiger charge is -2.28. The zero-order valence-electron chi connectivity index (χ0n) is 15.3. The number of para-hydroxylation sites is 4. The van der Waals surface area contributed by atoms with E-state index in [1.165, 1.54) is 0 Å². The lowest BCUT2D eigenvalue weighted by molar-refractivity contribution is -0.134. The predicted octanol–water partition coefficient (Wildman–Crippen LogP) is 4.40. The average molecular weight is 372 g/mol. The van der Waals surface area contributed by atoms with E-state index in [1.54, 1.807) is 23.1 Å². The number of hydrogen-bond donors (Lipinski definition) is 1. The van der Waals surface area contributed by atoms with Gasteiger partial charge in [-0.3, -0.25) is 9.59 Å². The summed E-state index contributed by atoms with van der Waals surface area (Å²) in [5, 5.41) is 2.70. The van der Waals surface area contributed by atoms with Crippen molar-refractivity contribution >= 4 is 23.2 Å². The fourth-order valence-corrected chi connectivity index (χ4v) is 3.32. The van der Waals surface area contributed by atoms with Gasteiger partial charge in [-0.05, 0) is 48.7 Å². The highest BCUT2D eigenvalue weighted by atomic mass is 16.5. The molecule has 3 aromatic carbocycles. The summed E-state index contributed by atoms with van der Waals surface area (Å²) in [7, 11) is 0. The van der Waals surface area contributed by atoms with Crippen molar-refractivity contribution in [1.82, 2.24) is 0 Å². The van der Waals surface area contributed by atoms with Crippen molar-refractivity contribution in [2.75, 3.05) is 16.8 Å². The maximum atomic E-state index is 12.8. The molecule has 0 bridgehead atoms. The largest absolute Gasteiger partial charge is 0.455 e. The molecule has 1 N–H and O–H groups in total. The van der Waals surface area contributed by atoms with Gasteiger partial charge in [0.25, 0.3) is 0 Å². The number of nitrogens with one attached hydrogen (secondary N) is 1. The van der Waals surface area contributed by atoms with Crippen molar-refractivity contribution in [3.05, 3.63) is 84.4 Å². The molecule has 0 saturated heterocycles. The summed E-state index contributed by atoms with van der Waals surface area (Å²) in [6.45, 7) is 0.533. The molecule has 4 rings (SSSR count). The number of amides is 2. The third kappa shape index (κ3) is 3.74. The number of fused-ring (bicyclic) bond motifs is 1. The van der Waals surface area contributed by atoms with E-state index in [4.69, 9.17) is 4.74 Å². The Morgan fingerprint density at radius 2 is 1.57 bits per heavy atom. The van der Waals surface area contributed by atoms with Crippen LogP contribution >= 0.6 is 0 Å². The summed E-state index contributed by atoms with van der Waals surface area (Å²) in [4.78, 5) is 27.0. The Balaban J connectivity index is 1.52. The van der Waals surface area contributed by atoms with Crippen LogP contribution in [0.25, 0.3) is 0 Å². The highest BCUT2D eigenvalue weighted by Gasteiger charge is 2.27. The van der Waals surface area contributed by atoms with Crippen LogP contribution < -0.4 is 15.0 Å². The summed E-state index contributed by atoms with van der Waals surface area (Å²) < 4.78 is 5.85. The second-order valence-electron chi connectivity index (χ2n) is 6.55. The van der Waals surface area contributed by atoms with Crippen LogP contribution in [-0.2, 0) is 16.0 Å². The maximum Gasteiger partial charge on any atom is 0.316 e. The van der Waals surface area contributed by atoms with Crippen LogP contribution in [0.5, 0.6) is 11.5 Å². The fourth-order valence-electron chi connectivity index (χ4n) is 3.32. The van der Waals surface area contributed by atoms with Gasteiger partial charge in [0.2, 0.25) is 0 Å². The molecule has 28 heavy (non-hydrogen) atoms. The minimum absolute atomic E-state index is 0.454. The highest BCUT2D eigenvalue weighted by Crippen LogP contribution is 2.30. The van der Waals surface area contributed by atoms with E-state index < -0.39 is 11.8 Å². The van der Waals surface area contributed by atoms with Crippen LogP contribution in [0.2, 0.25) is 0 Å². The number of aryl methyl sites for hydroxylation is 1. The van der Waals surface area contributed by atoms with E-state index in [-0.39, 0.29) is 0 Å². The molecule has 140 valence electrons. The summed E-state index contributed by atoms with van der Waals surface area (Å²) in [5.41, 5.74) is 2.35. The Kier molecular flexibility index (Phi) is 5.06. The van der Waals surface area contributed by atoms with E-state index in [2.05, 4.69) is 5.32 Å². The summed E-state index contributed by atoms with van der Waals surface area (Å²) >= 11 is 0. The number of carbonyl (C=O) groups is 2. The summed E-state index contributed by atoms with van der Waals surface area (Å²) in [5.74, 6) is -0.114. The third-order valence-corrected chi connectivity index (χ3v) is 4.66. The number of nitrogens with zero attached hydrogens (tertiary/aromatic N) is 1.